The van der Waals surface area contributed by atoms with Crippen LogP contribution in [0.3, 0.4) is 0 Å². The van der Waals surface area contributed by atoms with Crippen molar-refractivity contribution in [3.05, 3.63) is 34.1 Å². The molecule has 0 saturated heterocycles. The first-order valence-corrected chi connectivity index (χ1v) is 6.98. The quantitative estimate of drug-likeness (QED) is 0.898. The van der Waals surface area contributed by atoms with Crippen LogP contribution in [0.5, 0.6) is 5.75 Å². The molecule has 0 amide bonds. The maximum atomic E-state index is 9.88. The molecule has 0 fully saturated rings. The molecule has 0 spiro atoms. The average Bonchev–Trinajstić information content (AvgIpc) is 2.74. The highest BCUT2D eigenvalue weighted by Gasteiger charge is 2.18. The van der Waals surface area contributed by atoms with Gasteiger partial charge in [-0.3, -0.25) is 0 Å². The van der Waals surface area contributed by atoms with Gasteiger partial charge in [0.2, 0.25) is 0 Å². The topological polar surface area (TPSA) is 73.1 Å². The number of aliphatic hydroxyl groups is 1. The molecule has 0 aliphatic rings. The molecule has 1 heterocycles. The van der Waals surface area contributed by atoms with E-state index in [0.717, 1.165) is 15.8 Å². The summed E-state index contributed by atoms with van der Waals surface area (Å²) in [6, 6.07) is 5.79. The monoisotopic (exact) mass is 340 g/mol. The Morgan fingerprint density at radius 2 is 2.15 bits per heavy atom. The van der Waals surface area contributed by atoms with Crippen molar-refractivity contribution >= 4 is 15.9 Å². The minimum atomic E-state index is -0.870. The van der Waals surface area contributed by atoms with Crippen molar-refractivity contribution in [1.29, 1.82) is 0 Å². The second-order valence-corrected chi connectivity index (χ2v) is 6.11. The Bertz CT molecular complexity index is 592. The van der Waals surface area contributed by atoms with Gasteiger partial charge < -0.3 is 9.84 Å². The average molecular weight is 341 g/mol. The number of hydrogen-bond acceptors (Lipinski definition) is 5. The summed E-state index contributed by atoms with van der Waals surface area (Å²) in [5, 5.41) is 21.5. The number of hydrogen-bond donors (Lipinski definition) is 1. The highest BCUT2D eigenvalue weighted by atomic mass is 79.9. The largest absolute Gasteiger partial charge is 0.496 e. The van der Waals surface area contributed by atoms with E-state index in [1.165, 1.54) is 0 Å². The zero-order valence-electron chi connectivity index (χ0n) is 11.7. The number of nitrogens with zero attached hydrogens (tertiary/aromatic N) is 4. The van der Waals surface area contributed by atoms with Gasteiger partial charge in [0.1, 0.15) is 5.75 Å². The van der Waals surface area contributed by atoms with E-state index in [-0.39, 0.29) is 0 Å². The zero-order chi connectivity index (χ0) is 14.8. The number of benzene rings is 1. The molecule has 0 radical (unpaired) electrons. The minimum absolute atomic E-state index is 0.339. The van der Waals surface area contributed by atoms with Crippen molar-refractivity contribution in [2.75, 3.05) is 7.11 Å². The molecule has 2 aromatic rings. The van der Waals surface area contributed by atoms with Crippen LogP contribution in [0.15, 0.2) is 22.7 Å². The van der Waals surface area contributed by atoms with E-state index in [1.807, 2.05) is 18.2 Å². The fraction of sp³-hybridized carbons (Fsp3) is 0.462. The molecule has 0 aliphatic heterocycles. The molecule has 0 unspecified atom stereocenters. The second kappa shape index (κ2) is 5.88. The Labute approximate surface area is 125 Å². The molecule has 20 heavy (non-hydrogen) atoms. The van der Waals surface area contributed by atoms with Gasteiger partial charge in [-0.15, -0.1) is 5.10 Å². The second-order valence-electron chi connectivity index (χ2n) is 5.20. The lowest BCUT2D eigenvalue weighted by Crippen LogP contribution is -2.28. The van der Waals surface area contributed by atoms with E-state index in [9.17, 15) is 5.11 Å². The molecule has 0 aliphatic carbocycles. The molecule has 0 bridgehead atoms. The first-order chi connectivity index (χ1) is 9.39. The third kappa shape index (κ3) is 3.77. The number of methoxy groups -OCH3 is 1. The molecule has 108 valence electrons. The van der Waals surface area contributed by atoms with Crippen LogP contribution >= 0.6 is 15.9 Å². The molecule has 1 aromatic carbocycles. The summed E-state index contributed by atoms with van der Waals surface area (Å²) < 4.78 is 7.92. The van der Waals surface area contributed by atoms with Crippen LogP contribution in [0.1, 0.15) is 25.2 Å². The summed E-state index contributed by atoms with van der Waals surface area (Å²) in [6.07, 6.45) is 0.533. The van der Waals surface area contributed by atoms with E-state index in [2.05, 4.69) is 31.5 Å². The Hall–Kier alpha value is -1.47. The number of halogens is 1. The van der Waals surface area contributed by atoms with Crippen molar-refractivity contribution < 1.29 is 9.84 Å². The highest BCUT2D eigenvalue weighted by molar-refractivity contribution is 9.10. The van der Waals surface area contributed by atoms with Crippen LogP contribution in [0.2, 0.25) is 0 Å². The van der Waals surface area contributed by atoms with Crippen molar-refractivity contribution in [3.63, 3.8) is 0 Å². The van der Waals surface area contributed by atoms with Crippen LogP contribution in [0.4, 0.5) is 0 Å². The van der Waals surface area contributed by atoms with Crippen molar-refractivity contribution in [2.45, 2.75) is 32.4 Å². The molecule has 7 heteroatoms. The maximum absolute atomic E-state index is 9.88. The number of tetrazole rings is 1. The highest BCUT2D eigenvalue weighted by Crippen LogP contribution is 2.25. The van der Waals surface area contributed by atoms with Crippen molar-refractivity contribution in [3.8, 4) is 5.75 Å². The fourth-order valence-electron chi connectivity index (χ4n) is 1.89. The summed E-state index contributed by atoms with van der Waals surface area (Å²) in [5.41, 5.74) is 0.111. The van der Waals surface area contributed by atoms with Crippen LogP contribution in [0, 0.1) is 0 Å². The predicted octanol–water partition coefficient (Wildman–Crippen LogP) is 1.81. The van der Waals surface area contributed by atoms with Crippen molar-refractivity contribution in [1.82, 2.24) is 20.2 Å². The van der Waals surface area contributed by atoms with Crippen LogP contribution in [-0.2, 0) is 13.0 Å². The van der Waals surface area contributed by atoms with Crippen LogP contribution in [0.25, 0.3) is 0 Å². The van der Waals surface area contributed by atoms with E-state index in [4.69, 9.17) is 4.74 Å². The SMILES string of the molecule is COc1ccc(Br)cc1Cc1nnnn1CC(C)(C)O. The van der Waals surface area contributed by atoms with Crippen LogP contribution < -0.4 is 4.74 Å². The normalized spacial score (nSPS) is 11.7. The summed E-state index contributed by atoms with van der Waals surface area (Å²) in [6.45, 7) is 3.78. The summed E-state index contributed by atoms with van der Waals surface area (Å²) >= 11 is 3.44. The van der Waals surface area contributed by atoms with Gasteiger partial charge in [-0.2, -0.15) is 0 Å². The van der Waals surface area contributed by atoms with Gasteiger partial charge in [0.25, 0.3) is 0 Å². The number of aromatic nitrogens is 4. The lowest BCUT2D eigenvalue weighted by atomic mass is 10.1. The number of rotatable bonds is 5. The Morgan fingerprint density at radius 1 is 1.40 bits per heavy atom. The maximum Gasteiger partial charge on any atom is 0.155 e. The van der Waals surface area contributed by atoms with Gasteiger partial charge >= 0.3 is 0 Å². The van der Waals surface area contributed by atoms with E-state index >= 15 is 0 Å². The van der Waals surface area contributed by atoms with Gasteiger partial charge in [-0.25, -0.2) is 4.68 Å². The summed E-state index contributed by atoms with van der Waals surface area (Å²) in [4.78, 5) is 0. The fourth-order valence-corrected chi connectivity index (χ4v) is 2.30. The Kier molecular flexibility index (Phi) is 4.39. The third-order valence-electron chi connectivity index (χ3n) is 2.73. The molecule has 6 nitrogen and oxygen atoms in total. The lowest BCUT2D eigenvalue weighted by molar-refractivity contribution is 0.0562. The molecule has 1 aromatic heterocycles. The summed E-state index contributed by atoms with van der Waals surface area (Å²) in [7, 11) is 1.63. The minimum Gasteiger partial charge on any atom is -0.496 e. The van der Waals surface area contributed by atoms with Gasteiger partial charge in [-0.05, 0) is 42.5 Å². The summed E-state index contributed by atoms with van der Waals surface area (Å²) in [5.74, 6) is 1.47. The van der Waals surface area contributed by atoms with Gasteiger partial charge in [0.15, 0.2) is 5.82 Å². The van der Waals surface area contributed by atoms with E-state index in [1.54, 1.807) is 25.6 Å². The van der Waals surface area contributed by atoms with E-state index < -0.39 is 5.60 Å². The van der Waals surface area contributed by atoms with Gasteiger partial charge in [-0.1, -0.05) is 15.9 Å². The third-order valence-corrected chi connectivity index (χ3v) is 3.23. The Morgan fingerprint density at radius 3 is 2.80 bits per heavy atom. The van der Waals surface area contributed by atoms with Crippen molar-refractivity contribution in [2.24, 2.45) is 0 Å². The number of ether oxygens (including phenoxy) is 1. The van der Waals surface area contributed by atoms with Gasteiger partial charge in [0.05, 0.1) is 19.3 Å². The Balaban J connectivity index is 2.27. The van der Waals surface area contributed by atoms with E-state index in [0.29, 0.717) is 18.8 Å². The first-order valence-electron chi connectivity index (χ1n) is 6.19. The molecule has 0 atom stereocenters. The lowest BCUT2D eigenvalue weighted by Gasteiger charge is -2.17. The molecular weight excluding hydrogens is 324 g/mol. The predicted molar refractivity (Wildman–Crippen MR) is 77.6 cm³/mol. The first kappa shape index (κ1) is 14.9. The smallest absolute Gasteiger partial charge is 0.155 e. The van der Waals surface area contributed by atoms with Crippen LogP contribution in [-0.4, -0.2) is 38.0 Å². The molecular formula is C13H17BrN4O2. The zero-order valence-corrected chi connectivity index (χ0v) is 13.3. The molecule has 1 N–H and O–H groups in total. The standard InChI is InChI=1S/C13H17BrN4O2/c1-13(2,19)8-18-12(15-16-17-18)7-9-6-10(14)4-5-11(9)20-3/h4-6,19H,7-8H2,1-3H3. The van der Waals surface area contributed by atoms with Gasteiger partial charge in [0, 0.05) is 16.5 Å². The molecule has 0 saturated carbocycles. The molecule has 2 rings (SSSR count).